The lowest BCUT2D eigenvalue weighted by molar-refractivity contribution is 0.102. The van der Waals surface area contributed by atoms with Crippen molar-refractivity contribution in [3.8, 4) is 5.75 Å². The maximum absolute atomic E-state index is 13.1. The van der Waals surface area contributed by atoms with Gasteiger partial charge in [-0.15, -0.1) is 0 Å². The zero-order valence-corrected chi connectivity index (χ0v) is 11.2. The van der Waals surface area contributed by atoms with Crippen molar-refractivity contribution in [2.75, 3.05) is 11.1 Å². The van der Waals surface area contributed by atoms with Crippen LogP contribution in [0, 0.1) is 5.82 Å². The molecule has 19 heavy (non-hydrogen) atoms. The molecule has 2 rings (SSSR count). The molecule has 0 saturated carbocycles. The van der Waals surface area contributed by atoms with E-state index in [0.717, 1.165) is 12.1 Å². The van der Waals surface area contributed by atoms with E-state index in [0.29, 0.717) is 10.2 Å². The van der Waals surface area contributed by atoms with Crippen molar-refractivity contribution in [2.45, 2.75) is 0 Å². The fraction of sp³-hybridized carbons (Fsp3) is 0. The van der Waals surface area contributed by atoms with Crippen LogP contribution in [-0.2, 0) is 0 Å². The molecule has 0 bridgehead atoms. The molecule has 0 heterocycles. The highest BCUT2D eigenvalue weighted by molar-refractivity contribution is 9.10. The van der Waals surface area contributed by atoms with Crippen LogP contribution in [0.15, 0.2) is 40.9 Å². The van der Waals surface area contributed by atoms with E-state index in [2.05, 4.69) is 21.2 Å². The first kappa shape index (κ1) is 13.4. The Balaban J connectivity index is 2.25. The van der Waals surface area contributed by atoms with Crippen LogP contribution in [0.5, 0.6) is 5.75 Å². The smallest absolute Gasteiger partial charge is 0.257 e. The van der Waals surface area contributed by atoms with E-state index >= 15 is 0 Å². The minimum absolute atomic E-state index is 0.236. The van der Waals surface area contributed by atoms with Crippen molar-refractivity contribution >= 4 is 33.2 Å². The zero-order valence-electron chi connectivity index (χ0n) is 9.65. The highest BCUT2D eigenvalue weighted by atomic mass is 79.9. The average molecular weight is 325 g/mol. The Labute approximate surface area is 117 Å². The van der Waals surface area contributed by atoms with E-state index < -0.39 is 17.5 Å². The van der Waals surface area contributed by atoms with E-state index in [9.17, 15) is 9.18 Å². The predicted octanol–water partition coefficient (Wildman–Crippen LogP) is 3.13. The van der Waals surface area contributed by atoms with Gasteiger partial charge in [-0.05, 0) is 30.3 Å². The van der Waals surface area contributed by atoms with Crippen LogP contribution in [0.1, 0.15) is 10.4 Å². The van der Waals surface area contributed by atoms with E-state index in [-0.39, 0.29) is 11.3 Å². The van der Waals surface area contributed by atoms with Gasteiger partial charge in [-0.1, -0.05) is 15.9 Å². The number of amides is 1. The number of aromatic hydroxyl groups is 1. The van der Waals surface area contributed by atoms with E-state index in [4.69, 9.17) is 10.8 Å². The number of nitrogens with one attached hydrogen (secondary N) is 1. The van der Waals surface area contributed by atoms with Gasteiger partial charge < -0.3 is 16.2 Å². The Hall–Kier alpha value is -2.08. The number of nitrogens with two attached hydrogens (primary N) is 1. The lowest BCUT2D eigenvalue weighted by atomic mass is 10.1. The molecule has 6 heteroatoms. The van der Waals surface area contributed by atoms with Gasteiger partial charge in [0.05, 0.1) is 5.56 Å². The summed E-state index contributed by atoms with van der Waals surface area (Å²) in [6.07, 6.45) is 0. The average Bonchev–Trinajstić information content (AvgIpc) is 2.36. The van der Waals surface area contributed by atoms with Gasteiger partial charge in [0.1, 0.15) is 0 Å². The first-order valence-corrected chi connectivity index (χ1v) is 6.11. The summed E-state index contributed by atoms with van der Waals surface area (Å²) in [4.78, 5) is 12.0. The van der Waals surface area contributed by atoms with Crippen molar-refractivity contribution in [1.29, 1.82) is 0 Å². The summed E-state index contributed by atoms with van der Waals surface area (Å²) < 4.78 is 13.9. The third-order valence-corrected chi connectivity index (χ3v) is 2.96. The van der Waals surface area contributed by atoms with Crippen molar-refractivity contribution < 1.29 is 14.3 Å². The van der Waals surface area contributed by atoms with Crippen LogP contribution in [-0.4, -0.2) is 11.0 Å². The summed E-state index contributed by atoms with van der Waals surface area (Å²) in [7, 11) is 0. The summed E-state index contributed by atoms with van der Waals surface area (Å²) in [5.74, 6) is -1.73. The van der Waals surface area contributed by atoms with Gasteiger partial charge in [-0.3, -0.25) is 4.79 Å². The topological polar surface area (TPSA) is 75.4 Å². The van der Waals surface area contributed by atoms with Gasteiger partial charge in [0.25, 0.3) is 5.91 Å². The Morgan fingerprint density at radius 3 is 2.68 bits per heavy atom. The normalized spacial score (nSPS) is 10.2. The molecule has 0 fully saturated rings. The second-order valence-corrected chi connectivity index (χ2v) is 4.77. The number of hydrogen-bond acceptors (Lipinski definition) is 3. The van der Waals surface area contributed by atoms with Gasteiger partial charge in [0.15, 0.2) is 11.6 Å². The third-order valence-electron chi connectivity index (χ3n) is 2.47. The molecule has 2 aromatic carbocycles. The maximum atomic E-state index is 13.1. The molecule has 4 nitrogen and oxygen atoms in total. The number of phenols is 1. The number of nitrogen functional groups attached to an aromatic ring is 1. The number of phenolic OH excluding ortho intramolecular Hbond substituents is 1. The fourth-order valence-electron chi connectivity index (χ4n) is 1.51. The molecule has 4 N–H and O–H groups in total. The molecule has 0 aliphatic carbocycles. The summed E-state index contributed by atoms with van der Waals surface area (Å²) >= 11 is 3.24. The van der Waals surface area contributed by atoms with Gasteiger partial charge in [-0.25, -0.2) is 4.39 Å². The maximum Gasteiger partial charge on any atom is 0.257 e. The number of carbonyl (C=O) groups is 1. The standard InChI is InChI=1S/C13H10BrFN2O2/c14-7-1-3-11(16)9(5-7)13(19)17-8-2-4-12(18)10(15)6-8/h1-6,18H,16H2,(H,17,19). The largest absolute Gasteiger partial charge is 0.505 e. The first-order chi connectivity index (χ1) is 8.97. The Bertz CT molecular complexity index is 647. The summed E-state index contributed by atoms with van der Waals surface area (Å²) in [6.45, 7) is 0. The van der Waals surface area contributed by atoms with Crippen molar-refractivity contribution in [2.24, 2.45) is 0 Å². The molecule has 0 radical (unpaired) electrons. The molecular formula is C13H10BrFN2O2. The van der Waals surface area contributed by atoms with Gasteiger partial charge in [0.2, 0.25) is 0 Å². The summed E-state index contributed by atoms with van der Waals surface area (Å²) in [5.41, 5.74) is 6.54. The van der Waals surface area contributed by atoms with Crippen LogP contribution < -0.4 is 11.1 Å². The second kappa shape index (κ2) is 5.27. The Morgan fingerprint density at radius 1 is 1.26 bits per heavy atom. The summed E-state index contributed by atoms with van der Waals surface area (Å²) in [5, 5.41) is 11.6. The molecular weight excluding hydrogens is 315 g/mol. The molecule has 0 aliphatic heterocycles. The number of benzene rings is 2. The zero-order chi connectivity index (χ0) is 14.0. The molecule has 2 aromatic rings. The van der Waals surface area contributed by atoms with Crippen LogP contribution in [0.25, 0.3) is 0 Å². The number of anilines is 2. The minimum Gasteiger partial charge on any atom is -0.505 e. The third kappa shape index (κ3) is 3.03. The molecule has 0 aliphatic rings. The molecule has 98 valence electrons. The Kier molecular flexibility index (Phi) is 3.71. The first-order valence-electron chi connectivity index (χ1n) is 5.32. The molecule has 1 amide bonds. The fourth-order valence-corrected chi connectivity index (χ4v) is 1.87. The van der Waals surface area contributed by atoms with E-state index in [1.54, 1.807) is 18.2 Å². The second-order valence-electron chi connectivity index (χ2n) is 3.85. The van der Waals surface area contributed by atoms with E-state index in [1.165, 1.54) is 6.07 Å². The van der Waals surface area contributed by atoms with Crippen LogP contribution in [0.3, 0.4) is 0 Å². The monoisotopic (exact) mass is 324 g/mol. The number of halogens is 2. The van der Waals surface area contributed by atoms with E-state index in [1.807, 2.05) is 0 Å². The number of carbonyl (C=O) groups excluding carboxylic acids is 1. The predicted molar refractivity (Wildman–Crippen MR) is 74.6 cm³/mol. The molecule has 0 spiro atoms. The Morgan fingerprint density at radius 2 is 2.00 bits per heavy atom. The molecule has 0 atom stereocenters. The highest BCUT2D eigenvalue weighted by Gasteiger charge is 2.11. The SMILES string of the molecule is Nc1ccc(Br)cc1C(=O)Nc1ccc(O)c(F)c1. The van der Waals surface area contributed by atoms with Crippen LogP contribution in [0.2, 0.25) is 0 Å². The number of hydrogen-bond donors (Lipinski definition) is 3. The number of rotatable bonds is 2. The van der Waals surface area contributed by atoms with Crippen molar-refractivity contribution in [1.82, 2.24) is 0 Å². The van der Waals surface area contributed by atoms with Crippen molar-refractivity contribution in [3.05, 3.63) is 52.3 Å². The summed E-state index contributed by atoms with van der Waals surface area (Å²) in [6, 6.07) is 8.46. The van der Waals surface area contributed by atoms with Crippen LogP contribution in [0.4, 0.5) is 15.8 Å². The molecule has 0 unspecified atom stereocenters. The van der Waals surface area contributed by atoms with Gasteiger partial charge in [0, 0.05) is 21.9 Å². The lowest BCUT2D eigenvalue weighted by Gasteiger charge is -2.08. The lowest BCUT2D eigenvalue weighted by Crippen LogP contribution is -2.14. The van der Waals surface area contributed by atoms with Crippen LogP contribution >= 0.6 is 15.9 Å². The van der Waals surface area contributed by atoms with Gasteiger partial charge in [-0.2, -0.15) is 0 Å². The minimum atomic E-state index is -0.806. The molecule has 0 aromatic heterocycles. The quantitative estimate of drug-likeness (QED) is 0.586. The highest BCUT2D eigenvalue weighted by Crippen LogP contribution is 2.22. The molecule has 0 saturated heterocycles. The van der Waals surface area contributed by atoms with Gasteiger partial charge >= 0.3 is 0 Å². The van der Waals surface area contributed by atoms with Crippen molar-refractivity contribution in [3.63, 3.8) is 0 Å².